The largest absolute Gasteiger partial charge is 0.497 e. The van der Waals surface area contributed by atoms with Gasteiger partial charge in [0.15, 0.2) is 0 Å². The fourth-order valence-electron chi connectivity index (χ4n) is 3.72. The fourth-order valence-corrected chi connectivity index (χ4v) is 3.72. The van der Waals surface area contributed by atoms with E-state index in [1.807, 2.05) is 42.2 Å². The van der Waals surface area contributed by atoms with Crippen molar-refractivity contribution < 1.29 is 13.9 Å². The smallest absolute Gasteiger partial charge is 0.226 e. The van der Waals surface area contributed by atoms with Gasteiger partial charge in [-0.3, -0.25) is 9.69 Å². The van der Waals surface area contributed by atoms with Crippen LogP contribution in [0.15, 0.2) is 48.5 Å². The molecule has 1 aliphatic rings. The number of hydrogen-bond acceptors (Lipinski definition) is 3. The molecule has 0 aromatic heterocycles. The van der Waals surface area contributed by atoms with Gasteiger partial charge in [-0.1, -0.05) is 25.1 Å². The Bertz CT molecular complexity index is 772. The Balaban J connectivity index is 1.68. The molecule has 0 saturated carbocycles. The van der Waals surface area contributed by atoms with E-state index in [4.69, 9.17) is 4.74 Å². The molecule has 144 valence electrons. The zero-order chi connectivity index (χ0) is 19.2. The summed E-state index contributed by atoms with van der Waals surface area (Å²) < 4.78 is 18.7. The van der Waals surface area contributed by atoms with Crippen LogP contribution in [0.2, 0.25) is 0 Å². The molecule has 1 fully saturated rings. The molecule has 27 heavy (non-hydrogen) atoms. The number of likely N-dealkylation sites (tertiary alicyclic amines) is 1. The predicted molar refractivity (Wildman–Crippen MR) is 105 cm³/mol. The number of halogens is 1. The monoisotopic (exact) mass is 370 g/mol. The lowest BCUT2D eigenvalue weighted by atomic mass is 10.0. The molecule has 0 N–H and O–H groups in total. The van der Waals surface area contributed by atoms with E-state index in [0.29, 0.717) is 6.42 Å². The summed E-state index contributed by atoms with van der Waals surface area (Å²) in [6.45, 7) is 4.41. The highest BCUT2D eigenvalue weighted by atomic mass is 19.1. The molecule has 3 rings (SSSR count). The number of carbonyl (C=O) groups excluding carboxylic acids is 1. The summed E-state index contributed by atoms with van der Waals surface area (Å²) in [7, 11) is 1.63. The number of hydrogen-bond donors (Lipinski definition) is 0. The first kappa shape index (κ1) is 19.4. The number of rotatable bonds is 6. The summed E-state index contributed by atoms with van der Waals surface area (Å²) in [6.07, 6.45) is 2.28. The number of amides is 1. The molecule has 1 aliphatic heterocycles. The third kappa shape index (κ3) is 4.86. The third-order valence-corrected chi connectivity index (χ3v) is 5.12. The Morgan fingerprint density at radius 3 is 2.59 bits per heavy atom. The highest BCUT2D eigenvalue weighted by Gasteiger charge is 2.28. The average Bonchev–Trinajstić information content (AvgIpc) is 2.69. The summed E-state index contributed by atoms with van der Waals surface area (Å²) in [5.41, 5.74) is 1.88. The summed E-state index contributed by atoms with van der Waals surface area (Å²) in [4.78, 5) is 16.9. The molecule has 0 bridgehead atoms. The summed E-state index contributed by atoms with van der Waals surface area (Å²) >= 11 is 0. The van der Waals surface area contributed by atoms with Gasteiger partial charge in [-0.05, 0) is 42.7 Å². The van der Waals surface area contributed by atoms with Crippen LogP contribution in [-0.4, -0.2) is 37.0 Å². The van der Waals surface area contributed by atoms with Crippen molar-refractivity contribution in [3.05, 3.63) is 59.9 Å². The molecule has 0 aliphatic carbocycles. The van der Waals surface area contributed by atoms with Crippen molar-refractivity contribution in [1.82, 2.24) is 4.90 Å². The van der Waals surface area contributed by atoms with E-state index in [1.54, 1.807) is 19.2 Å². The second-order valence-electron chi connectivity index (χ2n) is 6.96. The summed E-state index contributed by atoms with van der Waals surface area (Å²) in [5.74, 6) is 0.692. The number of piperidine rings is 1. The van der Waals surface area contributed by atoms with Gasteiger partial charge in [0.05, 0.1) is 7.11 Å². The van der Waals surface area contributed by atoms with Crippen molar-refractivity contribution in [3.8, 4) is 5.75 Å². The van der Waals surface area contributed by atoms with Gasteiger partial charge < -0.3 is 9.64 Å². The lowest BCUT2D eigenvalue weighted by Crippen LogP contribution is -2.47. The minimum atomic E-state index is -0.194. The SMILES string of the molecule is CCC(=O)N(c1cccc(OC)c1)C1CCN(Cc2cccc(F)c2)CC1. The van der Waals surface area contributed by atoms with E-state index in [2.05, 4.69) is 4.90 Å². The van der Waals surface area contributed by atoms with Crippen LogP contribution in [0.5, 0.6) is 5.75 Å². The normalized spacial score (nSPS) is 15.5. The molecular formula is C22H27FN2O2. The van der Waals surface area contributed by atoms with Crippen LogP contribution in [0.4, 0.5) is 10.1 Å². The Kier molecular flexibility index (Phi) is 6.45. The van der Waals surface area contributed by atoms with E-state index in [1.165, 1.54) is 6.07 Å². The van der Waals surface area contributed by atoms with Crippen LogP contribution in [0.3, 0.4) is 0 Å². The van der Waals surface area contributed by atoms with Gasteiger partial charge in [0.1, 0.15) is 11.6 Å². The van der Waals surface area contributed by atoms with Crippen LogP contribution in [0.25, 0.3) is 0 Å². The van der Waals surface area contributed by atoms with Crippen LogP contribution in [-0.2, 0) is 11.3 Å². The number of anilines is 1. The Labute approximate surface area is 160 Å². The average molecular weight is 370 g/mol. The van der Waals surface area contributed by atoms with Crippen molar-refractivity contribution >= 4 is 11.6 Å². The fraction of sp³-hybridized carbons (Fsp3) is 0.409. The molecule has 0 atom stereocenters. The zero-order valence-electron chi connectivity index (χ0n) is 16.0. The van der Waals surface area contributed by atoms with Crippen molar-refractivity contribution in [1.29, 1.82) is 0 Å². The van der Waals surface area contributed by atoms with E-state index in [9.17, 15) is 9.18 Å². The highest BCUT2D eigenvalue weighted by Crippen LogP contribution is 2.28. The number of carbonyl (C=O) groups is 1. The lowest BCUT2D eigenvalue weighted by Gasteiger charge is -2.38. The lowest BCUT2D eigenvalue weighted by molar-refractivity contribution is -0.119. The van der Waals surface area contributed by atoms with Gasteiger partial charge in [0, 0.05) is 43.9 Å². The maximum absolute atomic E-state index is 13.4. The van der Waals surface area contributed by atoms with E-state index >= 15 is 0 Å². The van der Waals surface area contributed by atoms with E-state index in [-0.39, 0.29) is 17.8 Å². The van der Waals surface area contributed by atoms with Crippen LogP contribution < -0.4 is 9.64 Å². The predicted octanol–water partition coefficient (Wildman–Crippen LogP) is 4.24. The van der Waals surface area contributed by atoms with Gasteiger partial charge >= 0.3 is 0 Å². The molecule has 0 radical (unpaired) electrons. The molecule has 5 heteroatoms. The zero-order valence-corrected chi connectivity index (χ0v) is 16.0. The maximum Gasteiger partial charge on any atom is 0.226 e. The summed E-state index contributed by atoms with van der Waals surface area (Å²) in [6, 6.07) is 14.6. The highest BCUT2D eigenvalue weighted by molar-refractivity contribution is 5.94. The molecule has 1 amide bonds. The molecule has 1 heterocycles. The van der Waals surface area contributed by atoms with Crippen molar-refractivity contribution in [2.75, 3.05) is 25.1 Å². The van der Waals surface area contributed by atoms with Gasteiger partial charge in [0.25, 0.3) is 0 Å². The Hall–Kier alpha value is -2.40. The number of methoxy groups -OCH3 is 1. The first-order valence-corrected chi connectivity index (χ1v) is 9.53. The molecular weight excluding hydrogens is 343 g/mol. The Morgan fingerprint density at radius 2 is 1.93 bits per heavy atom. The van der Waals surface area contributed by atoms with Crippen LogP contribution in [0.1, 0.15) is 31.7 Å². The quantitative estimate of drug-likeness (QED) is 0.762. The maximum atomic E-state index is 13.4. The molecule has 4 nitrogen and oxygen atoms in total. The minimum Gasteiger partial charge on any atom is -0.497 e. The van der Waals surface area contributed by atoms with Gasteiger partial charge in [-0.2, -0.15) is 0 Å². The third-order valence-electron chi connectivity index (χ3n) is 5.12. The first-order chi connectivity index (χ1) is 13.1. The number of benzene rings is 2. The summed E-state index contributed by atoms with van der Waals surface area (Å²) in [5, 5.41) is 0. The number of ether oxygens (including phenoxy) is 1. The van der Waals surface area contributed by atoms with Crippen molar-refractivity contribution in [2.24, 2.45) is 0 Å². The van der Waals surface area contributed by atoms with Crippen LogP contribution in [0, 0.1) is 5.82 Å². The van der Waals surface area contributed by atoms with Gasteiger partial charge in [0.2, 0.25) is 5.91 Å². The van der Waals surface area contributed by atoms with E-state index < -0.39 is 0 Å². The molecule has 0 unspecified atom stereocenters. The van der Waals surface area contributed by atoms with Crippen molar-refractivity contribution in [3.63, 3.8) is 0 Å². The second kappa shape index (κ2) is 9.00. The van der Waals surface area contributed by atoms with Crippen LogP contribution >= 0.6 is 0 Å². The van der Waals surface area contributed by atoms with Gasteiger partial charge in [-0.15, -0.1) is 0 Å². The van der Waals surface area contributed by atoms with Gasteiger partial charge in [-0.25, -0.2) is 4.39 Å². The second-order valence-corrected chi connectivity index (χ2v) is 6.96. The first-order valence-electron chi connectivity index (χ1n) is 9.53. The standard InChI is InChI=1S/C22H27FN2O2/c1-3-22(26)25(20-8-5-9-21(15-20)27-2)19-10-12-24(13-11-19)16-17-6-4-7-18(23)14-17/h4-9,14-15,19H,3,10-13,16H2,1-2H3. The number of nitrogens with zero attached hydrogens (tertiary/aromatic N) is 2. The molecule has 2 aromatic carbocycles. The molecule has 2 aromatic rings. The molecule has 0 spiro atoms. The van der Waals surface area contributed by atoms with E-state index in [0.717, 1.165) is 49.5 Å². The topological polar surface area (TPSA) is 32.8 Å². The Morgan fingerprint density at radius 1 is 1.19 bits per heavy atom. The van der Waals surface area contributed by atoms with Crippen molar-refractivity contribution in [2.45, 2.75) is 38.8 Å². The minimum absolute atomic E-state index is 0.131. The molecule has 1 saturated heterocycles.